The van der Waals surface area contributed by atoms with Crippen molar-refractivity contribution in [2.24, 2.45) is 5.41 Å². The van der Waals surface area contributed by atoms with Gasteiger partial charge < -0.3 is 14.4 Å². The third-order valence-corrected chi connectivity index (χ3v) is 7.09. The summed E-state index contributed by atoms with van der Waals surface area (Å²) in [6.45, 7) is 11.0. The lowest BCUT2D eigenvalue weighted by Gasteiger charge is -2.38. The molecule has 1 saturated carbocycles. The zero-order chi connectivity index (χ0) is 24.9. The molecule has 0 saturated heterocycles. The van der Waals surface area contributed by atoms with E-state index in [9.17, 15) is 9.59 Å². The van der Waals surface area contributed by atoms with Crippen molar-refractivity contribution in [1.82, 2.24) is 14.4 Å². The molecule has 1 aliphatic carbocycles. The SMILES string of the molecule is CC(C)N(CC(=O)N(Cc1cccn1Cc1ccccc1Cl)C1CCCCC1)C(=O)C(C)(C)C. The highest BCUT2D eigenvalue weighted by atomic mass is 35.5. The van der Waals surface area contributed by atoms with Crippen molar-refractivity contribution >= 4 is 23.4 Å². The summed E-state index contributed by atoms with van der Waals surface area (Å²) < 4.78 is 2.17. The van der Waals surface area contributed by atoms with Crippen LogP contribution >= 0.6 is 11.6 Å². The maximum atomic E-state index is 13.7. The first-order valence-electron chi connectivity index (χ1n) is 12.6. The number of carbonyl (C=O) groups excluding carboxylic acids is 2. The average molecular weight is 486 g/mol. The first-order valence-corrected chi connectivity index (χ1v) is 12.9. The third-order valence-electron chi connectivity index (χ3n) is 6.72. The predicted octanol–water partition coefficient (Wildman–Crippen LogP) is 6.13. The second kappa shape index (κ2) is 11.4. The molecule has 1 aromatic carbocycles. The minimum absolute atomic E-state index is 0.0153. The van der Waals surface area contributed by atoms with Gasteiger partial charge in [-0.3, -0.25) is 9.59 Å². The number of rotatable bonds is 8. The van der Waals surface area contributed by atoms with E-state index in [1.807, 2.05) is 76.0 Å². The van der Waals surface area contributed by atoms with Crippen LogP contribution in [0, 0.1) is 5.41 Å². The van der Waals surface area contributed by atoms with Gasteiger partial charge >= 0.3 is 0 Å². The molecule has 1 heterocycles. The first-order chi connectivity index (χ1) is 16.1. The molecule has 0 aliphatic heterocycles. The normalized spacial score (nSPS) is 14.9. The van der Waals surface area contributed by atoms with Crippen LogP contribution < -0.4 is 0 Å². The Labute approximate surface area is 210 Å². The van der Waals surface area contributed by atoms with Crippen molar-refractivity contribution in [2.45, 2.75) is 91.9 Å². The molecule has 5 nitrogen and oxygen atoms in total. The number of hydrogen-bond donors (Lipinski definition) is 0. The smallest absolute Gasteiger partial charge is 0.242 e. The summed E-state index contributed by atoms with van der Waals surface area (Å²) in [5.74, 6) is 0.0465. The number of benzene rings is 1. The zero-order valence-corrected chi connectivity index (χ0v) is 22.1. The number of carbonyl (C=O) groups is 2. The van der Waals surface area contributed by atoms with Gasteiger partial charge in [-0.05, 0) is 50.5 Å². The van der Waals surface area contributed by atoms with Crippen LogP contribution in [0.25, 0.3) is 0 Å². The Bertz CT molecular complexity index is 970. The molecule has 0 spiro atoms. The van der Waals surface area contributed by atoms with Crippen molar-refractivity contribution in [3.05, 3.63) is 58.9 Å². The molecular formula is C28H40ClN3O2. The van der Waals surface area contributed by atoms with Gasteiger partial charge in [0.25, 0.3) is 0 Å². The van der Waals surface area contributed by atoms with Gasteiger partial charge in [-0.2, -0.15) is 0 Å². The summed E-state index contributed by atoms with van der Waals surface area (Å²) in [4.78, 5) is 30.6. The van der Waals surface area contributed by atoms with Gasteiger partial charge in [0.2, 0.25) is 11.8 Å². The van der Waals surface area contributed by atoms with Crippen LogP contribution in [0.3, 0.4) is 0 Å². The maximum absolute atomic E-state index is 13.7. The van der Waals surface area contributed by atoms with E-state index in [0.717, 1.165) is 42.0 Å². The van der Waals surface area contributed by atoms with Crippen LogP contribution in [0.5, 0.6) is 0 Å². The summed E-state index contributed by atoms with van der Waals surface area (Å²) in [6.07, 6.45) is 7.60. The lowest BCUT2D eigenvalue weighted by molar-refractivity contribution is -0.148. The highest BCUT2D eigenvalue weighted by Gasteiger charge is 2.33. The summed E-state index contributed by atoms with van der Waals surface area (Å²) in [6, 6.07) is 12.2. The van der Waals surface area contributed by atoms with Crippen molar-refractivity contribution in [1.29, 1.82) is 0 Å². The van der Waals surface area contributed by atoms with E-state index in [0.29, 0.717) is 13.1 Å². The van der Waals surface area contributed by atoms with Crippen LogP contribution in [-0.4, -0.2) is 44.8 Å². The molecule has 0 unspecified atom stereocenters. The summed E-state index contributed by atoms with van der Waals surface area (Å²) >= 11 is 6.41. The van der Waals surface area contributed by atoms with Crippen LogP contribution in [0.1, 0.15) is 78.0 Å². The predicted molar refractivity (Wildman–Crippen MR) is 139 cm³/mol. The fourth-order valence-electron chi connectivity index (χ4n) is 4.70. The highest BCUT2D eigenvalue weighted by molar-refractivity contribution is 6.31. The summed E-state index contributed by atoms with van der Waals surface area (Å²) in [5, 5.41) is 0.746. The fourth-order valence-corrected chi connectivity index (χ4v) is 4.90. The van der Waals surface area contributed by atoms with Crippen LogP contribution in [0.15, 0.2) is 42.6 Å². The number of amides is 2. The molecule has 0 atom stereocenters. The molecule has 1 fully saturated rings. The van der Waals surface area contributed by atoms with Crippen LogP contribution in [0.2, 0.25) is 5.02 Å². The number of hydrogen-bond acceptors (Lipinski definition) is 2. The molecule has 0 N–H and O–H groups in total. The average Bonchev–Trinajstić information content (AvgIpc) is 3.23. The van der Waals surface area contributed by atoms with Crippen molar-refractivity contribution < 1.29 is 9.59 Å². The quantitative estimate of drug-likeness (QED) is 0.451. The van der Waals surface area contributed by atoms with Gasteiger partial charge in [-0.1, -0.05) is 69.8 Å². The van der Waals surface area contributed by atoms with E-state index < -0.39 is 5.41 Å². The Morgan fingerprint density at radius 2 is 1.74 bits per heavy atom. The molecule has 186 valence electrons. The zero-order valence-electron chi connectivity index (χ0n) is 21.4. The molecule has 6 heteroatoms. The maximum Gasteiger partial charge on any atom is 0.242 e. The molecule has 34 heavy (non-hydrogen) atoms. The van der Waals surface area contributed by atoms with Crippen molar-refractivity contribution in [3.8, 4) is 0 Å². The second-order valence-electron chi connectivity index (χ2n) is 10.8. The van der Waals surface area contributed by atoms with E-state index >= 15 is 0 Å². The van der Waals surface area contributed by atoms with E-state index in [2.05, 4.69) is 10.6 Å². The standard InChI is InChI=1S/C28H40ClN3O2/c1-21(2)31(27(34)28(3,4)5)20-26(33)32(23-13-7-6-8-14-23)19-24-15-11-17-30(24)18-22-12-9-10-16-25(22)29/h9-12,15-17,21,23H,6-8,13-14,18-20H2,1-5H3. The minimum atomic E-state index is -0.524. The molecular weight excluding hydrogens is 446 g/mol. The van der Waals surface area contributed by atoms with Crippen LogP contribution in [0.4, 0.5) is 0 Å². The van der Waals surface area contributed by atoms with Crippen molar-refractivity contribution in [2.75, 3.05) is 6.54 Å². The van der Waals surface area contributed by atoms with Gasteiger partial charge in [0, 0.05) is 41.0 Å². The highest BCUT2D eigenvalue weighted by Crippen LogP contribution is 2.26. The van der Waals surface area contributed by atoms with E-state index in [1.54, 1.807) is 4.90 Å². The Hall–Kier alpha value is -2.27. The molecule has 0 radical (unpaired) electrons. The van der Waals surface area contributed by atoms with Gasteiger partial charge in [-0.25, -0.2) is 0 Å². The lowest BCUT2D eigenvalue weighted by atomic mass is 9.93. The largest absolute Gasteiger partial charge is 0.345 e. The Kier molecular flexibility index (Phi) is 8.86. The second-order valence-corrected chi connectivity index (χ2v) is 11.2. The van der Waals surface area contributed by atoms with Gasteiger partial charge in [-0.15, -0.1) is 0 Å². The number of aromatic nitrogens is 1. The molecule has 3 rings (SSSR count). The summed E-state index contributed by atoms with van der Waals surface area (Å²) in [7, 11) is 0. The van der Waals surface area contributed by atoms with E-state index in [1.165, 1.54) is 6.42 Å². The van der Waals surface area contributed by atoms with Gasteiger partial charge in [0.1, 0.15) is 6.54 Å². The first kappa shape index (κ1) is 26.3. The van der Waals surface area contributed by atoms with Gasteiger partial charge in [0.05, 0.1) is 6.54 Å². The molecule has 2 aromatic rings. The van der Waals surface area contributed by atoms with Crippen molar-refractivity contribution in [3.63, 3.8) is 0 Å². The minimum Gasteiger partial charge on any atom is -0.345 e. The Morgan fingerprint density at radius 1 is 1.06 bits per heavy atom. The third kappa shape index (κ3) is 6.65. The van der Waals surface area contributed by atoms with Gasteiger partial charge in [0.15, 0.2) is 0 Å². The summed E-state index contributed by atoms with van der Waals surface area (Å²) in [5.41, 5.74) is 1.61. The Morgan fingerprint density at radius 3 is 2.35 bits per heavy atom. The van der Waals surface area contributed by atoms with E-state index in [-0.39, 0.29) is 30.4 Å². The molecule has 1 aromatic heterocycles. The van der Waals surface area contributed by atoms with E-state index in [4.69, 9.17) is 11.6 Å². The number of halogens is 1. The monoisotopic (exact) mass is 485 g/mol. The Balaban J connectivity index is 1.83. The fraction of sp³-hybridized carbons (Fsp3) is 0.571. The number of nitrogens with zero attached hydrogens (tertiary/aromatic N) is 3. The van der Waals surface area contributed by atoms with Crippen LogP contribution in [-0.2, 0) is 22.7 Å². The molecule has 1 aliphatic rings. The molecule has 0 bridgehead atoms. The lowest BCUT2D eigenvalue weighted by Crippen LogP contribution is -2.51. The molecule has 2 amide bonds. The topological polar surface area (TPSA) is 45.6 Å².